The van der Waals surface area contributed by atoms with Crippen LogP contribution in [0.3, 0.4) is 0 Å². The molecule has 0 heterocycles. The van der Waals surface area contributed by atoms with Gasteiger partial charge in [-0.25, -0.2) is 17.2 Å². The second kappa shape index (κ2) is 7.60. The first-order valence-electron chi connectivity index (χ1n) is 7.45. The number of hydrogen-bond acceptors (Lipinski definition) is 3. The van der Waals surface area contributed by atoms with Gasteiger partial charge in [0, 0.05) is 6.07 Å². The molecule has 25 heavy (non-hydrogen) atoms. The smallest absolute Gasteiger partial charge is 0.241 e. The van der Waals surface area contributed by atoms with Crippen molar-refractivity contribution < 1.29 is 22.0 Å². The molecule has 2 rings (SSSR count). The Morgan fingerprint density at radius 3 is 2.32 bits per heavy atom. The van der Waals surface area contributed by atoms with Crippen LogP contribution in [0.2, 0.25) is 0 Å². The standard InChI is InChI=1S/C17H18F2N2O3S/c1-12(13-6-4-3-5-7-13)20-17(22)11-21(25(2,23)24)14-8-9-15(18)16(19)10-14/h3-10,12H,11H2,1-2H3,(H,20,22)/t12-/m0/s1. The second-order valence-electron chi connectivity index (χ2n) is 5.57. The fourth-order valence-electron chi connectivity index (χ4n) is 2.28. The molecule has 1 N–H and O–H groups in total. The minimum absolute atomic E-state index is 0.121. The number of halogens is 2. The van der Waals surface area contributed by atoms with E-state index in [4.69, 9.17) is 0 Å². The van der Waals surface area contributed by atoms with Crippen molar-refractivity contribution in [3.63, 3.8) is 0 Å². The zero-order valence-corrected chi connectivity index (χ0v) is 14.6. The van der Waals surface area contributed by atoms with Crippen molar-refractivity contribution in [3.8, 4) is 0 Å². The first-order chi connectivity index (χ1) is 11.7. The Morgan fingerprint density at radius 2 is 1.76 bits per heavy atom. The predicted molar refractivity (Wildman–Crippen MR) is 91.5 cm³/mol. The summed E-state index contributed by atoms with van der Waals surface area (Å²) in [5.74, 6) is -2.85. The molecule has 8 heteroatoms. The summed E-state index contributed by atoms with van der Waals surface area (Å²) in [5.41, 5.74) is 0.735. The van der Waals surface area contributed by atoms with Crippen LogP contribution in [0, 0.1) is 11.6 Å². The van der Waals surface area contributed by atoms with Gasteiger partial charge in [-0.15, -0.1) is 0 Å². The van der Waals surface area contributed by atoms with Crippen molar-refractivity contribution in [2.45, 2.75) is 13.0 Å². The Bertz CT molecular complexity index is 857. The van der Waals surface area contributed by atoms with Crippen LogP contribution < -0.4 is 9.62 Å². The topological polar surface area (TPSA) is 66.5 Å². The maximum absolute atomic E-state index is 13.4. The SMILES string of the molecule is C[C@H](NC(=O)CN(c1ccc(F)c(F)c1)S(C)(=O)=O)c1ccccc1. The molecular formula is C17H18F2N2O3S. The molecule has 0 aliphatic rings. The molecule has 0 radical (unpaired) electrons. The highest BCUT2D eigenvalue weighted by molar-refractivity contribution is 7.92. The summed E-state index contributed by atoms with van der Waals surface area (Å²) in [7, 11) is -3.86. The molecule has 0 bridgehead atoms. The number of carbonyl (C=O) groups is 1. The normalized spacial score (nSPS) is 12.5. The van der Waals surface area contributed by atoms with Gasteiger partial charge in [-0.2, -0.15) is 0 Å². The lowest BCUT2D eigenvalue weighted by Gasteiger charge is -2.23. The van der Waals surface area contributed by atoms with Crippen LogP contribution in [-0.4, -0.2) is 27.1 Å². The quantitative estimate of drug-likeness (QED) is 0.852. The summed E-state index contributed by atoms with van der Waals surface area (Å²) in [6.45, 7) is 1.22. The van der Waals surface area contributed by atoms with Crippen molar-refractivity contribution >= 4 is 21.6 Å². The number of sulfonamides is 1. The van der Waals surface area contributed by atoms with E-state index >= 15 is 0 Å². The number of carbonyl (C=O) groups excluding carboxylic acids is 1. The highest BCUT2D eigenvalue weighted by atomic mass is 32.2. The van der Waals surface area contributed by atoms with Gasteiger partial charge in [0.05, 0.1) is 18.0 Å². The predicted octanol–water partition coefficient (Wildman–Crippen LogP) is 2.61. The molecule has 2 aromatic carbocycles. The van der Waals surface area contributed by atoms with Crippen molar-refractivity contribution in [2.24, 2.45) is 0 Å². The van der Waals surface area contributed by atoms with Crippen LogP contribution in [0.4, 0.5) is 14.5 Å². The molecular weight excluding hydrogens is 350 g/mol. The lowest BCUT2D eigenvalue weighted by molar-refractivity contribution is -0.120. The van der Waals surface area contributed by atoms with Gasteiger partial charge >= 0.3 is 0 Å². The number of hydrogen-bond donors (Lipinski definition) is 1. The van der Waals surface area contributed by atoms with E-state index in [1.165, 1.54) is 0 Å². The third kappa shape index (κ3) is 4.99. The van der Waals surface area contributed by atoms with E-state index in [0.29, 0.717) is 0 Å². The molecule has 0 spiro atoms. The lowest BCUT2D eigenvalue weighted by Crippen LogP contribution is -2.41. The van der Waals surface area contributed by atoms with Crippen molar-refractivity contribution in [1.29, 1.82) is 0 Å². The Hall–Kier alpha value is -2.48. The van der Waals surface area contributed by atoms with Crippen LogP contribution in [0.15, 0.2) is 48.5 Å². The monoisotopic (exact) mass is 368 g/mol. The molecule has 0 aliphatic carbocycles. The minimum atomic E-state index is -3.86. The Labute approximate surface area is 145 Å². The molecule has 0 unspecified atom stereocenters. The average Bonchev–Trinajstić information content (AvgIpc) is 2.55. The van der Waals surface area contributed by atoms with Crippen LogP contribution in [-0.2, 0) is 14.8 Å². The third-order valence-corrected chi connectivity index (χ3v) is 4.70. The van der Waals surface area contributed by atoms with Crippen molar-refractivity contribution in [3.05, 3.63) is 65.7 Å². The maximum Gasteiger partial charge on any atom is 0.241 e. The summed E-state index contributed by atoms with van der Waals surface area (Å²) in [5, 5.41) is 2.68. The van der Waals surface area contributed by atoms with Gasteiger partial charge in [-0.1, -0.05) is 30.3 Å². The summed E-state index contributed by atoms with van der Waals surface area (Å²) in [6, 6.07) is 11.5. The second-order valence-corrected chi connectivity index (χ2v) is 7.47. The molecule has 1 amide bonds. The number of nitrogens with zero attached hydrogens (tertiary/aromatic N) is 1. The molecule has 134 valence electrons. The summed E-state index contributed by atoms with van der Waals surface area (Å²) < 4.78 is 51.1. The molecule has 0 saturated carbocycles. The fraction of sp³-hybridized carbons (Fsp3) is 0.235. The molecule has 0 fully saturated rings. The lowest BCUT2D eigenvalue weighted by atomic mass is 10.1. The molecule has 0 aromatic heterocycles. The summed E-state index contributed by atoms with van der Waals surface area (Å²) >= 11 is 0. The largest absolute Gasteiger partial charge is 0.348 e. The van der Waals surface area contributed by atoms with E-state index in [2.05, 4.69) is 5.32 Å². The number of nitrogens with one attached hydrogen (secondary N) is 1. The first-order valence-corrected chi connectivity index (χ1v) is 9.30. The van der Waals surface area contributed by atoms with Gasteiger partial charge < -0.3 is 5.32 Å². The highest BCUT2D eigenvalue weighted by Gasteiger charge is 2.23. The van der Waals surface area contributed by atoms with Gasteiger partial charge in [0.2, 0.25) is 15.9 Å². The van der Waals surface area contributed by atoms with E-state index < -0.39 is 34.1 Å². The van der Waals surface area contributed by atoms with Gasteiger partial charge in [-0.05, 0) is 24.6 Å². The molecule has 2 aromatic rings. The third-order valence-electron chi connectivity index (χ3n) is 3.56. The van der Waals surface area contributed by atoms with Crippen LogP contribution in [0.25, 0.3) is 0 Å². The summed E-state index contributed by atoms with van der Waals surface area (Å²) in [6.07, 6.45) is 0.891. The molecule has 0 saturated heterocycles. The molecule has 5 nitrogen and oxygen atoms in total. The summed E-state index contributed by atoms with van der Waals surface area (Å²) in [4.78, 5) is 12.2. The van der Waals surface area contributed by atoms with Gasteiger partial charge in [0.25, 0.3) is 0 Å². The van der Waals surface area contributed by atoms with Crippen molar-refractivity contribution in [2.75, 3.05) is 17.1 Å². The Balaban J connectivity index is 2.17. The fourth-order valence-corrected chi connectivity index (χ4v) is 3.13. The average molecular weight is 368 g/mol. The highest BCUT2D eigenvalue weighted by Crippen LogP contribution is 2.20. The van der Waals surface area contributed by atoms with Crippen LogP contribution >= 0.6 is 0 Å². The zero-order chi connectivity index (χ0) is 18.6. The van der Waals surface area contributed by atoms with E-state index in [0.717, 1.165) is 34.3 Å². The van der Waals surface area contributed by atoms with Gasteiger partial charge in [-0.3, -0.25) is 9.10 Å². The Morgan fingerprint density at radius 1 is 1.12 bits per heavy atom. The number of anilines is 1. The van der Waals surface area contributed by atoms with Crippen molar-refractivity contribution in [1.82, 2.24) is 5.32 Å². The van der Waals surface area contributed by atoms with E-state index in [-0.39, 0.29) is 11.7 Å². The Kier molecular flexibility index (Phi) is 5.73. The van der Waals surface area contributed by atoms with Gasteiger partial charge in [0.1, 0.15) is 6.54 Å². The number of rotatable bonds is 6. The van der Waals surface area contributed by atoms with Crippen LogP contribution in [0.1, 0.15) is 18.5 Å². The number of benzene rings is 2. The zero-order valence-electron chi connectivity index (χ0n) is 13.7. The van der Waals surface area contributed by atoms with E-state index in [1.807, 2.05) is 30.3 Å². The number of amides is 1. The van der Waals surface area contributed by atoms with Gasteiger partial charge in [0.15, 0.2) is 11.6 Å². The minimum Gasteiger partial charge on any atom is -0.348 e. The molecule has 0 aliphatic heterocycles. The van der Waals surface area contributed by atoms with Crippen LogP contribution in [0.5, 0.6) is 0 Å². The molecule has 1 atom stereocenters. The van der Waals surface area contributed by atoms with E-state index in [9.17, 15) is 22.0 Å². The first kappa shape index (κ1) is 18.9. The van der Waals surface area contributed by atoms with E-state index in [1.54, 1.807) is 6.92 Å². The maximum atomic E-state index is 13.4.